The molecule has 0 aromatic heterocycles. The minimum absolute atomic E-state index is 0.362. The van der Waals surface area contributed by atoms with Crippen LogP contribution in [0.5, 0.6) is 0 Å². The number of halogens is 2. The smallest absolute Gasteiger partial charge is 0.0551 e. The van der Waals surface area contributed by atoms with E-state index < -0.39 is 0 Å². The molecule has 0 fully saturated rings. The Bertz CT molecular complexity index is 312. The highest BCUT2D eigenvalue weighted by Crippen LogP contribution is 2.28. The van der Waals surface area contributed by atoms with Gasteiger partial charge in [-0.1, -0.05) is 31.5 Å². The minimum Gasteiger partial charge on any atom is -0.313 e. The number of hydrogen-bond donors (Lipinski definition) is 1. The van der Waals surface area contributed by atoms with Crippen molar-refractivity contribution in [1.29, 1.82) is 0 Å². The summed E-state index contributed by atoms with van der Waals surface area (Å²) in [5.74, 6) is 0.553. The van der Waals surface area contributed by atoms with E-state index in [-0.39, 0.29) is 0 Å². The first-order valence-electron chi connectivity index (χ1n) is 4.68. The van der Waals surface area contributed by atoms with Crippen molar-refractivity contribution in [3.05, 3.63) is 33.3 Å². The lowest BCUT2D eigenvalue weighted by molar-refractivity contribution is 0.443. The Hall–Kier alpha value is -0.0500. The topological polar surface area (TPSA) is 12.0 Å². The van der Waals surface area contributed by atoms with Crippen molar-refractivity contribution in [1.82, 2.24) is 5.32 Å². The first kappa shape index (κ1) is 12.0. The summed E-state index contributed by atoms with van der Waals surface area (Å²) in [6.07, 6.45) is 0. The maximum atomic E-state index is 6.04. The lowest BCUT2D eigenvalue weighted by Gasteiger charge is -2.21. The van der Waals surface area contributed by atoms with E-state index in [0.717, 1.165) is 9.50 Å². The second-order valence-corrected chi connectivity index (χ2v) is 4.95. The molecular formula is C11H15BrClN. The molecule has 1 rings (SSSR count). The van der Waals surface area contributed by atoms with Crippen LogP contribution in [0.25, 0.3) is 0 Å². The lowest BCUT2D eigenvalue weighted by atomic mass is 9.96. The van der Waals surface area contributed by atoms with Gasteiger partial charge < -0.3 is 5.32 Å². The van der Waals surface area contributed by atoms with Gasteiger partial charge in [-0.2, -0.15) is 0 Å². The van der Waals surface area contributed by atoms with Crippen LogP contribution in [0.2, 0.25) is 5.02 Å². The fourth-order valence-electron chi connectivity index (χ4n) is 1.59. The SMILES string of the molecule is CNC(c1ccc(Br)c(Cl)c1)C(C)C. The summed E-state index contributed by atoms with van der Waals surface area (Å²) in [7, 11) is 1.97. The number of benzene rings is 1. The second kappa shape index (κ2) is 5.15. The van der Waals surface area contributed by atoms with Crippen LogP contribution >= 0.6 is 27.5 Å². The van der Waals surface area contributed by atoms with Crippen molar-refractivity contribution < 1.29 is 0 Å². The van der Waals surface area contributed by atoms with Crippen molar-refractivity contribution in [2.75, 3.05) is 7.05 Å². The fourth-order valence-corrected chi connectivity index (χ4v) is 2.03. The van der Waals surface area contributed by atoms with Gasteiger partial charge >= 0.3 is 0 Å². The van der Waals surface area contributed by atoms with Gasteiger partial charge in [0.1, 0.15) is 0 Å². The summed E-state index contributed by atoms with van der Waals surface area (Å²) in [6.45, 7) is 4.38. The highest BCUT2D eigenvalue weighted by molar-refractivity contribution is 9.10. The maximum absolute atomic E-state index is 6.04. The molecule has 0 bridgehead atoms. The van der Waals surface area contributed by atoms with Crippen molar-refractivity contribution >= 4 is 27.5 Å². The van der Waals surface area contributed by atoms with Gasteiger partial charge in [0.15, 0.2) is 0 Å². The molecule has 0 aliphatic rings. The van der Waals surface area contributed by atoms with Gasteiger partial charge in [0, 0.05) is 10.5 Å². The Morgan fingerprint density at radius 2 is 2.00 bits per heavy atom. The van der Waals surface area contributed by atoms with Gasteiger partial charge in [0.05, 0.1) is 5.02 Å². The summed E-state index contributed by atoms with van der Waals surface area (Å²) in [4.78, 5) is 0. The molecule has 1 N–H and O–H groups in total. The molecular weight excluding hydrogens is 261 g/mol. The molecule has 0 radical (unpaired) electrons. The lowest BCUT2D eigenvalue weighted by Crippen LogP contribution is -2.21. The standard InChI is InChI=1S/C11H15BrClN/c1-7(2)11(14-3)8-4-5-9(12)10(13)6-8/h4-7,11,14H,1-3H3. The van der Waals surface area contributed by atoms with E-state index in [1.165, 1.54) is 5.56 Å². The molecule has 0 heterocycles. The van der Waals surface area contributed by atoms with E-state index in [1.807, 2.05) is 19.2 Å². The molecule has 1 unspecified atom stereocenters. The van der Waals surface area contributed by atoms with Gasteiger partial charge in [0.25, 0.3) is 0 Å². The molecule has 0 aliphatic carbocycles. The summed E-state index contributed by atoms with van der Waals surface area (Å²) >= 11 is 9.43. The summed E-state index contributed by atoms with van der Waals surface area (Å²) in [6, 6.07) is 6.45. The van der Waals surface area contributed by atoms with Gasteiger partial charge in [-0.3, -0.25) is 0 Å². The van der Waals surface area contributed by atoms with E-state index in [1.54, 1.807) is 0 Å². The zero-order valence-corrected chi connectivity index (χ0v) is 11.0. The predicted molar refractivity (Wildman–Crippen MR) is 65.8 cm³/mol. The predicted octanol–water partition coefficient (Wildman–Crippen LogP) is 4.02. The molecule has 0 spiro atoms. The molecule has 0 saturated heterocycles. The molecule has 0 saturated carbocycles. The largest absolute Gasteiger partial charge is 0.313 e. The third kappa shape index (κ3) is 2.72. The first-order chi connectivity index (χ1) is 6.56. The van der Waals surface area contributed by atoms with Crippen LogP contribution in [0.15, 0.2) is 22.7 Å². The van der Waals surface area contributed by atoms with Gasteiger partial charge in [-0.25, -0.2) is 0 Å². The summed E-state index contributed by atoms with van der Waals surface area (Å²) in [5, 5.41) is 4.06. The molecule has 1 aromatic carbocycles. The molecule has 1 atom stereocenters. The zero-order chi connectivity index (χ0) is 10.7. The van der Waals surface area contributed by atoms with Gasteiger partial charge in [-0.15, -0.1) is 0 Å². The van der Waals surface area contributed by atoms with Crippen LogP contribution in [0.1, 0.15) is 25.5 Å². The zero-order valence-electron chi connectivity index (χ0n) is 8.64. The number of rotatable bonds is 3. The van der Waals surface area contributed by atoms with E-state index in [2.05, 4.69) is 41.2 Å². The monoisotopic (exact) mass is 275 g/mol. The van der Waals surface area contributed by atoms with Crippen molar-refractivity contribution in [3.63, 3.8) is 0 Å². The van der Waals surface area contributed by atoms with Crippen molar-refractivity contribution in [2.24, 2.45) is 5.92 Å². The molecule has 0 aliphatic heterocycles. The van der Waals surface area contributed by atoms with Gasteiger partial charge in [0.2, 0.25) is 0 Å². The first-order valence-corrected chi connectivity index (χ1v) is 5.85. The molecule has 14 heavy (non-hydrogen) atoms. The Morgan fingerprint density at radius 3 is 2.43 bits per heavy atom. The van der Waals surface area contributed by atoms with E-state index >= 15 is 0 Å². The maximum Gasteiger partial charge on any atom is 0.0551 e. The third-order valence-electron chi connectivity index (χ3n) is 2.28. The number of nitrogens with one attached hydrogen (secondary N) is 1. The van der Waals surface area contributed by atoms with Crippen LogP contribution in [-0.4, -0.2) is 7.05 Å². The van der Waals surface area contributed by atoms with Crippen LogP contribution in [0, 0.1) is 5.92 Å². The van der Waals surface area contributed by atoms with E-state index in [9.17, 15) is 0 Å². The molecule has 3 heteroatoms. The Kier molecular flexibility index (Phi) is 4.42. The Labute approximate surface area is 99.0 Å². The third-order valence-corrected chi connectivity index (χ3v) is 3.51. The molecule has 78 valence electrons. The van der Waals surface area contributed by atoms with Gasteiger partial charge in [-0.05, 0) is 46.6 Å². The quantitative estimate of drug-likeness (QED) is 0.879. The molecule has 0 amide bonds. The summed E-state index contributed by atoms with van der Waals surface area (Å²) in [5.41, 5.74) is 1.23. The Morgan fingerprint density at radius 1 is 1.36 bits per heavy atom. The second-order valence-electron chi connectivity index (χ2n) is 3.68. The molecule has 1 aromatic rings. The number of hydrogen-bond acceptors (Lipinski definition) is 1. The Balaban J connectivity index is 3.00. The fraction of sp³-hybridized carbons (Fsp3) is 0.455. The highest BCUT2D eigenvalue weighted by Gasteiger charge is 2.13. The average molecular weight is 277 g/mol. The normalized spacial score (nSPS) is 13.3. The average Bonchev–Trinajstić information content (AvgIpc) is 2.11. The minimum atomic E-state index is 0.362. The van der Waals surface area contributed by atoms with Crippen LogP contribution < -0.4 is 5.32 Å². The van der Waals surface area contributed by atoms with Crippen LogP contribution in [0.4, 0.5) is 0 Å². The summed E-state index contributed by atoms with van der Waals surface area (Å²) < 4.78 is 0.946. The molecule has 1 nitrogen and oxygen atoms in total. The van der Waals surface area contributed by atoms with Crippen molar-refractivity contribution in [3.8, 4) is 0 Å². The van der Waals surface area contributed by atoms with Crippen molar-refractivity contribution in [2.45, 2.75) is 19.9 Å². The van der Waals surface area contributed by atoms with Crippen LogP contribution in [0.3, 0.4) is 0 Å². The van der Waals surface area contributed by atoms with E-state index in [0.29, 0.717) is 12.0 Å². The van der Waals surface area contributed by atoms with Crippen LogP contribution in [-0.2, 0) is 0 Å². The highest BCUT2D eigenvalue weighted by atomic mass is 79.9. The van der Waals surface area contributed by atoms with E-state index in [4.69, 9.17) is 11.6 Å².